The number of hydrogen-bond donors (Lipinski definition) is 1. The zero-order valence-corrected chi connectivity index (χ0v) is 16.0. The SMILES string of the molecule is CC[C@H]1CN(C(=O)c2ccccc2)CC[C@H]1CC(=O)NCc1cccs1. The molecule has 1 saturated heterocycles. The summed E-state index contributed by atoms with van der Waals surface area (Å²) >= 11 is 1.66. The number of amides is 2. The highest BCUT2D eigenvalue weighted by Crippen LogP contribution is 2.29. The van der Waals surface area contributed by atoms with Crippen molar-refractivity contribution < 1.29 is 9.59 Å². The van der Waals surface area contributed by atoms with E-state index in [-0.39, 0.29) is 11.8 Å². The summed E-state index contributed by atoms with van der Waals surface area (Å²) in [4.78, 5) is 28.1. The van der Waals surface area contributed by atoms with Crippen LogP contribution in [0.15, 0.2) is 47.8 Å². The Morgan fingerprint density at radius 2 is 1.96 bits per heavy atom. The molecule has 0 spiro atoms. The van der Waals surface area contributed by atoms with Crippen molar-refractivity contribution in [3.8, 4) is 0 Å². The normalized spacial score (nSPS) is 20.0. The number of nitrogens with one attached hydrogen (secondary N) is 1. The van der Waals surface area contributed by atoms with Crippen LogP contribution in [0.5, 0.6) is 0 Å². The second-order valence-corrected chi connectivity index (χ2v) is 7.93. The van der Waals surface area contributed by atoms with Gasteiger partial charge in [-0.25, -0.2) is 0 Å². The van der Waals surface area contributed by atoms with E-state index in [0.717, 1.165) is 31.5 Å². The van der Waals surface area contributed by atoms with E-state index >= 15 is 0 Å². The molecule has 0 radical (unpaired) electrons. The highest BCUT2D eigenvalue weighted by atomic mass is 32.1. The van der Waals surface area contributed by atoms with Crippen molar-refractivity contribution in [3.63, 3.8) is 0 Å². The van der Waals surface area contributed by atoms with Crippen molar-refractivity contribution in [1.29, 1.82) is 0 Å². The molecule has 1 aromatic carbocycles. The molecule has 5 heteroatoms. The summed E-state index contributed by atoms with van der Waals surface area (Å²) in [5.41, 5.74) is 0.745. The van der Waals surface area contributed by atoms with Gasteiger partial charge in [0.1, 0.15) is 0 Å². The molecule has 4 nitrogen and oxygen atoms in total. The number of likely N-dealkylation sites (tertiary alicyclic amines) is 1. The van der Waals surface area contributed by atoms with Crippen LogP contribution in [0.2, 0.25) is 0 Å². The molecule has 1 aromatic heterocycles. The van der Waals surface area contributed by atoms with Gasteiger partial charge in [-0.05, 0) is 41.8 Å². The van der Waals surface area contributed by atoms with Crippen molar-refractivity contribution in [2.75, 3.05) is 13.1 Å². The quantitative estimate of drug-likeness (QED) is 0.837. The molecule has 26 heavy (non-hydrogen) atoms. The van der Waals surface area contributed by atoms with Crippen molar-refractivity contribution in [1.82, 2.24) is 10.2 Å². The molecule has 2 heterocycles. The van der Waals surface area contributed by atoms with Crippen LogP contribution in [0, 0.1) is 11.8 Å². The van der Waals surface area contributed by atoms with Crippen LogP contribution >= 0.6 is 11.3 Å². The molecular formula is C21H26N2O2S. The van der Waals surface area contributed by atoms with E-state index in [2.05, 4.69) is 12.2 Å². The number of nitrogens with zero attached hydrogens (tertiary/aromatic N) is 1. The number of hydrogen-bond acceptors (Lipinski definition) is 3. The van der Waals surface area contributed by atoms with E-state index in [4.69, 9.17) is 0 Å². The minimum atomic E-state index is 0.102. The van der Waals surface area contributed by atoms with Crippen LogP contribution in [0.1, 0.15) is 41.4 Å². The molecule has 0 saturated carbocycles. The molecule has 2 aromatic rings. The molecule has 1 aliphatic heterocycles. The molecule has 1 fully saturated rings. The summed E-state index contributed by atoms with van der Waals surface area (Å²) in [5.74, 6) is 0.946. The second kappa shape index (κ2) is 8.99. The van der Waals surface area contributed by atoms with Crippen molar-refractivity contribution in [2.24, 2.45) is 11.8 Å². The first kappa shape index (κ1) is 18.6. The summed E-state index contributed by atoms with van der Waals surface area (Å²) in [6.07, 6.45) is 2.43. The predicted molar refractivity (Wildman–Crippen MR) is 105 cm³/mol. The topological polar surface area (TPSA) is 49.4 Å². The van der Waals surface area contributed by atoms with E-state index in [1.54, 1.807) is 11.3 Å². The fourth-order valence-corrected chi connectivity index (χ4v) is 4.31. The summed E-state index contributed by atoms with van der Waals surface area (Å²) in [7, 11) is 0. The van der Waals surface area contributed by atoms with Crippen LogP contribution < -0.4 is 5.32 Å². The standard InChI is InChI=1S/C21H26N2O2S/c1-2-16-15-23(21(25)17-7-4-3-5-8-17)11-10-18(16)13-20(24)22-14-19-9-6-12-26-19/h3-9,12,16,18H,2,10-11,13-15H2,1H3,(H,22,24)/t16-,18-/m0/s1. The fourth-order valence-electron chi connectivity index (χ4n) is 3.67. The summed E-state index contributed by atoms with van der Waals surface area (Å²) in [6.45, 7) is 4.23. The van der Waals surface area contributed by atoms with Crippen LogP contribution in [0.4, 0.5) is 0 Å². The molecule has 0 aliphatic carbocycles. The molecular weight excluding hydrogens is 344 g/mol. The Hall–Kier alpha value is -2.14. The molecule has 2 atom stereocenters. The van der Waals surface area contributed by atoms with E-state index in [0.29, 0.717) is 24.8 Å². The Kier molecular flexibility index (Phi) is 6.45. The van der Waals surface area contributed by atoms with Crippen molar-refractivity contribution in [2.45, 2.75) is 32.7 Å². The van der Waals surface area contributed by atoms with Gasteiger partial charge in [0.05, 0.1) is 6.54 Å². The lowest BCUT2D eigenvalue weighted by Crippen LogP contribution is -2.44. The van der Waals surface area contributed by atoms with Crippen molar-refractivity contribution >= 4 is 23.2 Å². The maximum atomic E-state index is 12.7. The molecule has 1 aliphatic rings. The highest BCUT2D eigenvalue weighted by Gasteiger charge is 2.31. The van der Waals surface area contributed by atoms with Crippen LogP contribution in [-0.2, 0) is 11.3 Å². The van der Waals surface area contributed by atoms with E-state index in [1.165, 1.54) is 4.88 Å². The molecule has 138 valence electrons. The molecule has 3 rings (SSSR count). The lowest BCUT2D eigenvalue weighted by molar-refractivity contribution is -0.123. The predicted octanol–water partition coefficient (Wildman–Crippen LogP) is 3.94. The summed E-state index contributed by atoms with van der Waals surface area (Å²) in [5, 5.41) is 5.05. The van der Waals surface area contributed by atoms with Gasteiger partial charge in [-0.15, -0.1) is 11.3 Å². The molecule has 0 bridgehead atoms. The zero-order valence-electron chi connectivity index (χ0n) is 15.2. The lowest BCUT2D eigenvalue weighted by atomic mass is 9.81. The Labute approximate surface area is 159 Å². The van der Waals surface area contributed by atoms with Crippen LogP contribution in [0.25, 0.3) is 0 Å². The number of rotatable bonds is 6. The maximum Gasteiger partial charge on any atom is 0.253 e. The number of carbonyl (C=O) groups excluding carboxylic acids is 2. The first-order valence-corrected chi connectivity index (χ1v) is 10.2. The first-order valence-electron chi connectivity index (χ1n) is 9.30. The van der Waals surface area contributed by atoms with Gasteiger partial charge in [-0.1, -0.05) is 37.6 Å². The van der Waals surface area contributed by atoms with Gasteiger partial charge >= 0.3 is 0 Å². The van der Waals surface area contributed by atoms with E-state index < -0.39 is 0 Å². The minimum absolute atomic E-state index is 0.102. The Morgan fingerprint density at radius 1 is 1.15 bits per heavy atom. The van der Waals surface area contributed by atoms with Gasteiger partial charge < -0.3 is 10.2 Å². The number of benzene rings is 1. The lowest BCUT2D eigenvalue weighted by Gasteiger charge is -2.38. The van der Waals surface area contributed by atoms with Gasteiger partial charge in [-0.2, -0.15) is 0 Å². The first-order chi connectivity index (χ1) is 12.7. The largest absolute Gasteiger partial charge is 0.351 e. The highest BCUT2D eigenvalue weighted by molar-refractivity contribution is 7.09. The average Bonchev–Trinajstić information content (AvgIpc) is 3.20. The third kappa shape index (κ3) is 4.73. The van der Waals surface area contributed by atoms with Gasteiger partial charge in [-0.3, -0.25) is 9.59 Å². The van der Waals surface area contributed by atoms with Crippen LogP contribution in [0.3, 0.4) is 0 Å². The molecule has 1 N–H and O–H groups in total. The van der Waals surface area contributed by atoms with E-state index in [9.17, 15) is 9.59 Å². The van der Waals surface area contributed by atoms with Crippen LogP contribution in [-0.4, -0.2) is 29.8 Å². The average molecular weight is 371 g/mol. The third-order valence-corrected chi connectivity index (χ3v) is 6.09. The molecule has 2 amide bonds. The smallest absolute Gasteiger partial charge is 0.253 e. The monoisotopic (exact) mass is 370 g/mol. The van der Waals surface area contributed by atoms with Gasteiger partial charge in [0, 0.05) is 30.0 Å². The number of carbonyl (C=O) groups is 2. The summed E-state index contributed by atoms with van der Waals surface area (Å²) in [6, 6.07) is 13.5. The Balaban J connectivity index is 1.52. The zero-order chi connectivity index (χ0) is 18.4. The number of thiophene rings is 1. The van der Waals surface area contributed by atoms with E-state index in [1.807, 2.05) is 52.7 Å². The minimum Gasteiger partial charge on any atom is -0.351 e. The molecule has 0 unspecified atom stereocenters. The summed E-state index contributed by atoms with van der Waals surface area (Å²) < 4.78 is 0. The maximum absolute atomic E-state index is 12.7. The van der Waals surface area contributed by atoms with Gasteiger partial charge in [0.25, 0.3) is 5.91 Å². The number of piperidine rings is 1. The van der Waals surface area contributed by atoms with Gasteiger partial charge in [0.15, 0.2) is 0 Å². The Morgan fingerprint density at radius 3 is 2.65 bits per heavy atom. The second-order valence-electron chi connectivity index (χ2n) is 6.89. The van der Waals surface area contributed by atoms with Gasteiger partial charge in [0.2, 0.25) is 5.91 Å². The van der Waals surface area contributed by atoms with Crippen molar-refractivity contribution in [3.05, 3.63) is 58.3 Å². The Bertz CT molecular complexity index is 715. The third-order valence-electron chi connectivity index (χ3n) is 5.21. The fraction of sp³-hybridized carbons (Fsp3) is 0.429.